The lowest BCUT2D eigenvalue weighted by atomic mass is 10.3. The van der Waals surface area contributed by atoms with Gasteiger partial charge in [0, 0.05) is 38.6 Å². The van der Waals surface area contributed by atoms with Crippen molar-refractivity contribution < 1.29 is 17.9 Å². The SMILES string of the molecule is COc1ccc(OCCS(=O)(=O)N2CCN(c3ncccn3)CC2)cc1. The summed E-state index contributed by atoms with van der Waals surface area (Å²) in [5.74, 6) is 1.92. The molecule has 0 spiro atoms. The Balaban J connectivity index is 1.48. The predicted octanol–water partition coefficient (Wildman–Crippen LogP) is 1.02. The third-order valence-corrected chi connectivity index (χ3v) is 5.97. The van der Waals surface area contributed by atoms with Crippen molar-refractivity contribution in [1.82, 2.24) is 14.3 Å². The second-order valence-corrected chi connectivity index (χ2v) is 7.86. The van der Waals surface area contributed by atoms with Crippen molar-refractivity contribution in [1.29, 1.82) is 0 Å². The topological polar surface area (TPSA) is 84.9 Å². The third kappa shape index (κ3) is 4.61. The Morgan fingerprint density at radius 2 is 1.62 bits per heavy atom. The largest absolute Gasteiger partial charge is 0.497 e. The first-order chi connectivity index (χ1) is 12.6. The molecule has 140 valence electrons. The van der Waals surface area contributed by atoms with Crippen molar-refractivity contribution in [2.24, 2.45) is 0 Å². The van der Waals surface area contributed by atoms with Crippen LogP contribution in [0, 0.1) is 0 Å². The summed E-state index contributed by atoms with van der Waals surface area (Å²) in [4.78, 5) is 10.4. The molecule has 1 saturated heterocycles. The summed E-state index contributed by atoms with van der Waals surface area (Å²) < 4.78 is 37.1. The number of benzene rings is 1. The van der Waals surface area contributed by atoms with E-state index in [9.17, 15) is 8.42 Å². The number of hydrogen-bond acceptors (Lipinski definition) is 7. The molecule has 0 amide bonds. The summed E-state index contributed by atoms with van der Waals surface area (Å²) in [6, 6.07) is 8.81. The smallest absolute Gasteiger partial charge is 0.225 e. The van der Waals surface area contributed by atoms with Crippen LogP contribution in [0.5, 0.6) is 11.5 Å². The Morgan fingerprint density at radius 1 is 1.00 bits per heavy atom. The lowest BCUT2D eigenvalue weighted by molar-refractivity contribution is 0.330. The molecule has 0 aliphatic carbocycles. The summed E-state index contributed by atoms with van der Waals surface area (Å²) in [5, 5.41) is 0. The van der Waals surface area contributed by atoms with E-state index in [-0.39, 0.29) is 12.4 Å². The minimum absolute atomic E-state index is 0.0547. The van der Waals surface area contributed by atoms with Gasteiger partial charge >= 0.3 is 0 Å². The number of rotatable bonds is 7. The van der Waals surface area contributed by atoms with Crippen LogP contribution in [0.1, 0.15) is 0 Å². The summed E-state index contributed by atoms with van der Waals surface area (Å²) in [7, 11) is -1.77. The van der Waals surface area contributed by atoms with E-state index in [0.29, 0.717) is 37.9 Å². The van der Waals surface area contributed by atoms with E-state index in [1.807, 2.05) is 4.90 Å². The van der Waals surface area contributed by atoms with Crippen molar-refractivity contribution in [2.45, 2.75) is 0 Å². The maximum atomic E-state index is 12.5. The van der Waals surface area contributed by atoms with Crippen LogP contribution in [-0.2, 0) is 10.0 Å². The molecule has 1 fully saturated rings. The first-order valence-corrected chi connectivity index (χ1v) is 9.96. The molecule has 2 aromatic rings. The van der Waals surface area contributed by atoms with E-state index in [0.717, 1.165) is 5.75 Å². The van der Waals surface area contributed by atoms with E-state index in [1.165, 1.54) is 4.31 Å². The maximum absolute atomic E-state index is 12.5. The number of aromatic nitrogens is 2. The van der Waals surface area contributed by atoms with Gasteiger partial charge < -0.3 is 14.4 Å². The molecule has 0 radical (unpaired) electrons. The second kappa shape index (κ2) is 8.33. The van der Waals surface area contributed by atoms with E-state index >= 15 is 0 Å². The lowest BCUT2D eigenvalue weighted by Crippen LogP contribution is -2.50. The summed E-state index contributed by atoms with van der Waals surface area (Å²) in [6.45, 7) is 2.09. The van der Waals surface area contributed by atoms with Gasteiger partial charge in [-0.3, -0.25) is 0 Å². The molecule has 1 aliphatic rings. The third-order valence-electron chi connectivity index (χ3n) is 4.14. The van der Waals surface area contributed by atoms with Gasteiger partial charge in [-0.15, -0.1) is 0 Å². The number of anilines is 1. The van der Waals surface area contributed by atoms with Crippen LogP contribution in [0.3, 0.4) is 0 Å². The van der Waals surface area contributed by atoms with E-state index < -0.39 is 10.0 Å². The fraction of sp³-hybridized carbons (Fsp3) is 0.412. The van der Waals surface area contributed by atoms with Crippen molar-refractivity contribution in [3.05, 3.63) is 42.7 Å². The number of nitrogens with zero attached hydrogens (tertiary/aromatic N) is 4. The normalized spacial score (nSPS) is 15.7. The van der Waals surface area contributed by atoms with Gasteiger partial charge in [0.15, 0.2) is 0 Å². The van der Waals surface area contributed by atoms with Crippen molar-refractivity contribution in [3.63, 3.8) is 0 Å². The van der Waals surface area contributed by atoms with Gasteiger partial charge in [0.2, 0.25) is 16.0 Å². The lowest BCUT2D eigenvalue weighted by Gasteiger charge is -2.33. The van der Waals surface area contributed by atoms with Crippen LogP contribution < -0.4 is 14.4 Å². The Kier molecular flexibility index (Phi) is 5.89. The number of sulfonamides is 1. The molecule has 1 aliphatic heterocycles. The predicted molar refractivity (Wildman–Crippen MR) is 98.1 cm³/mol. The molecule has 0 unspecified atom stereocenters. The Hall–Kier alpha value is -2.39. The highest BCUT2D eigenvalue weighted by Crippen LogP contribution is 2.17. The van der Waals surface area contributed by atoms with E-state index in [1.54, 1.807) is 49.8 Å². The van der Waals surface area contributed by atoms with Crippen LogP contribution in [0.4, 0.5) is 5.95 Å². The van der Waals surface area contributed by atoms with E-state index in [2.05, 4.69) is 9.97 Å². The van der Waals surface area contributed by atoms with Crippen LogP contribution in [0.25, 0.3) is 0 Å². The molecule has 1 aromatic heterocycles. The molecule has 0 saturated carbocycles. The number of piperazine rings is 1. The van der Waals surface area contributed by atoms with Gasteiger partial charge in [-0.2, -0.15) is 4.31 Å². The molecule has 8 nitrogen and oxygen atoms in total. The standard InChI is InChI=1S/C17H22N4O4S/c1-24-15-3-5-16(6-4-15)25-13-14-26(22,23)21-11-9-20(10-12-21)17-18-7-2-8-19-17/h2-8H,9-14H2,1H3. The molecule has 2 heterocycles. The average molecular weight is 378 g/mol. The molecule has 9 heteroatoms. The zero-order chi connectivity index (χ0) is 18.4. The van der Waals surface area contributed by atoms with Crippen LogP contribution in [0.2, 0.25) is 0 Å². The van der Waals surface area contributed by atoms with Gasteiger partial charge in [-0.25, -0.2) is 18.4 Å². The Morgan fingerprint density at radius 3 is 2.23 bits per heavy atom. The maximum Gasteiger partial charge on any atom is 0.225 e. The fourth-order valence-electron chi connectivity index (χ4n) is 2.69. The summed E-state index contributed by atoms with van der Waals surface area (Å²) in [5.41, 5.74) is 0. The number of methoxy groups -OCH3 is 1. The minimum Gasteiger partial charge on any atom is -0.497 e. The van der Waals surface area contributed by atoms with Crippen molar-refractivity contribution in [2.75, 3.05) is 50.5 Å². The monoisotopic (exact) mass is 378 g/mol. The quantitative estimate of drug-likeness (QED) is 0.711. The van der Waals surface area contributed by atoms with Gasteiger partial charge in [0.05, 0.1) is 12.9 Å². The van der Waals surface area contributed by atoms with Crippen molar-refractivity contribution >= 4 is 16.0 Å². The second-order valence-electron chi connectivity index (χ2n) is 5.77. The molecule has 3 rings (SSSR count). The first-order valence-electron chi connectivity index (χ1n) is 8.35. The molecule has 0 N–H and O–H groups in total. The summed E-state index contributed by atoms with van der Waals surface area (Å²) in [6.07, 6.45) is 3.36. The van der Waals surface area contributed by atoms with Crippen molar-refractivity contribution in [3.8, 4) is 11.5 Å². The molecular formula is C17H22N4O4S. The molecule has 26 heavy (non-hydrogen) atoms. The molecule has 0 atom stereocenters. The zero-order valence-electron chi connectivity index (χ0n) is 14.6. The highest BCUT2D eigenvalue weighted by Gasteiger charge is 2.27. The van der Waals surface area contributed by atoms with Crippen LogP contribution in [0.15, 0.2) is 42.7 Å². The van der Waals surface area contributed by atoms with Gasteiger partial charge in [-0.05, 0) is 30.3 Å². The van der Waals surface area contributed by atoms with Gasteiger partial charge in [0.25, 0.3) is 0 Å². The molecule has 1 aromatic carbocycles. The first kappa shape index (κ1) is 18.4. The number of ether oxygens (including phenoxy) is 2. The minimum atomic E-state index is -3.36. The average Bonchev–Trinajstić information content (AvgIpc) is 2.69. The zero-order valence-corrected chi connectivity index (χ0v) is 15.4. The fourth-order valence-corrected chi connectivity index (χ4v) is 3.96. The Labute approximate surface area is 153 Å². The summed E-state index contributed by atoms with van der Waals surface area (Å²) >= 11 is 0. The number of hydrogen-bond donors (Lipinski definition) is 0. The van der Waals surface area contributed by atoms with Gasteiger partial charge in [0.1, 0.15) is 18.1 Å². The van der Waals surface area contributed by atoms with Crippen LogP contribution >= 0.6 is 0 Å². The van der Waals surface area contributed by atoms with Crippen LogP contribution in [-0.4, -0.2) is 68.3 Å². The van der Waals surface area contributed by atoms with E-state index in [4.69, 9.17) is 9.47 Å². The highest BCUT2D eigenvalue weighted by atomic mass is 32.2. The molecule has 0 bridgehead atoms. The van der Waals surface area contributed by atoms with Gasteiger partial charge in [-0.1, -0.05) is 0 Å². The molecular weight excluding hydrogens is 356 g/mol. The highest BCUT2D eigenvalue weighted by molar-refractivity contribution is 7.89. The Bertz CT molecular complexity index is 791.